The molecule has 344 valence electrons. The van der Waals surface area contributed by atoms with E-state index in [1.54, 1.807) is 49.4 Å². The summed E-state index contributed by atoms with van der Waals surface area (Å²) >= 11 is 0. The molecular weight excluding hydrogens is 841 g/mol. The third kappa shape index (κ3) is 12.8. The van der Waals surface area contributed by atoms with Gasteiger partial charge in [0.05, 0.1) is 54.8 Å². The summed E-state index contributed by atoms with van der Waals surface area (Å²) in [5.41, 5.74) is 2.24. The number of benzene rings is 3. The molecule has 3 aliphatic heterocycles. The molecule has 0 spiro atoms. The van der Waals surface area contributed by atoms with Crippen LogP contribution >= 0.6 is 0 Å². The molecule has 16 nitrogen and oxygen atoms in total. The fraction of sp³-hybridized carbons (Fsp3) is 0.489. The van der Waals surface area contributed by atoms with Crippen molar-refractivity contribution in [2.45, 2.75) is 83.1 Å². The van der Waals surface area contributed by atoms with Gasteiger partial charge in [0.25, 0.3) is 11.8 Å². The molecule has 3 aromatic rings. The molecule has 0 radical (unpaired) electrons. The van der Waals surface area contributed by atoms with E-state index in [9.17, 15) is 37.2 Å². The molecule has 0 aromatic heterocycles. The van der Waals surface area contributed by atoms with Crippen LogP contribution in [0.2, 0.25) is 0 Å². The number of hydrogen-bond acceptors (Lipinski definition) is 12. The Morgan fingerprint density at radius 3 is 2.17 bits per heavy atom. The number of imide groups is 2. The Morgan fingerprint density at radius 1 is 0.812 bits per heavy atom. The number of hydrogen-bond donors (Lipinski definition) is 3. The van der Waals surface area contributed by atoms with Crippen molar-refractivity contribution in [2.24, 2.45) is 0 Å². The SMILES string of the molecule is CCOc1cc(C(CS(C)(=O)=O)N2C(=O)c3cccc(NC(=O)CCCCCCCCCN4CCN(CC(=O)Nc5ccc(C6CCC(=O)NC6=O)cc5)CC4)c3C2=O)ccc1OC. The number of ether oxygens (including phenoxy) is 2. The first-order chi connectivity index (χ1) is 30.7. The van der Waals surface area contributed by atoms with E-state index in [1.165, 1.54) is 13.2 Å². The molecule has 2 saturated heterocycles. The van der Waals surface area contributed by atoms with Crippen LogP contribution in [0.3, 0.4) is 0 Å². The smallest absolute Gasteiger partial charge is 0.264 e. The second kappa shape index (κ2) is 22.3. The van der Waals surface area contributed by atoms with Crippen LogP contribution in [-0.4, -0.2) is 124 Å². The third-order valence-corrected chi connectivity index (χ3v) is 12.8. The summed E-state index contributed by atoms with van der Waals surface area (Å²) in [7, 11) is -2.19. The summed E-state index contributed by atoms with van der Waals surface area (Å²) in [5.74, 6) is -2.28. The van der Waals surface area contributed by atoms with Crippen molar-refractivity contribution in [1.29, 1.82) is 0 Å². The van der Waals surface area contributed by atoms with Gasteiger partial charge in [-0.05, 0) is 80.3 Å². The summed E-state index contributed by atoms with van der Waals surface area (Å²) in [6.45, 7) is 6.91. The van der Waals surface area contributed by atoms with E-state index < -0.39 is 33.4 Å². The highest BCUT2D eigenvalue weighted by Crippen LogP contribution is 2.39. The van der Waals surface area contributed by atoms with Gasteiger partial charge < -0.3 is 25.0 Å². The number of unbranched alkanes of at least 4 members (excludes halogenated alkanes) is 6. The number of nitrogens with zero attached hydrogens (tertiary/aromatic N) is 3. The zero-order chi connectivity index (χ0) is 45.8. The maximum Gasteiger partial charge on any atom is 0.264 e. The van der Waals surface area contributed by atoms with E-state index in [0.29, 0.717) is 55.2 Å². The van der Waals surface area contributed by atoms with Gasteiger partial charge in [-0.1, -0.05) is 56.4 Å². The van der Waals surface area contributed by atoms with Crippen LogP contribution in [0, 0.1) is 0 Å². The normalized spacial score (nSPS) is 17.5. The average molecular weight is 901 g/mol. The van der Waals surface area contributed by atoms with E-state index in [0.717, 1.165) is 88.0 Å². The van der Waals surface area contributed by atoms with Crippen molar-refractivity contribution in [3.05, 3.63) is 82.9 Å². The number of piperazine rings is 1. The number of nitrogens with one attached hydrogen (secondary N) is 3. The number of rotatable bonds is 22. The molecule has 64 heavy (non-hydrogen) atoms. The Hall–Kier alpha value is -5.65. The molecule has 2 fully saturated rings. The molecule has 3 aromatic carbocycles. The maximum atomic E-state index is 14.0. The van der Waals surface area contributed by atoms with Gasteiger partial charge in [-0.25, -0.2) is 8.42 Å². The predicted octanol–water partition coefficient (Wildman–Crippen LogP) is 5.31. The first-order valence-corrected chi connectivity index (χ1v) is 24.3. The van der Waals surface area contributed by atoms with Crippen molar-refractivity contribution >= 4 is 56.7 Å². The Labute approximate surface area is 375 Å². The van der Waals surface area contributed by atoms with Gasteiger partial charge >= 0.3 is 0 Å². The standard InChI is InChI=1S/C47H60N6O10S/c1-4-63-40-29-33(18-22-39(40)62-2)38(31-64(3,60)61)53-46(58)36-13-12-14-37(44(36)47(53)59)49-41(54)15-10-8-6-5-7-9-11-24-51-25-27-52(28-26-51)30-43(56)48-34-19-16-32(17-20-34)35-21-23-42(55)50-45(35)57/h12-14,16-20,22,29,35,38H,4-11,15,21,23-28,30-31H2,1-3H3,(H,48,56)(H,49,54)(H,50,55,57). The number of amides is 6. The van der Waals surface area contributed by atoms with Gasteiger partial charge in [-0.2, -0.15) is 0 Å². The molecular formula is C47H60N6O10S. The van der Waals surface area contributed by atoms with E-state index >= 15 is 0 Å². The summed E-state index contributed by atoms with van der Waals surface area (Å²) in [4.78, 5) is 82.7. The Balaban J connectivity index is 0.857. The molecule has 3 aliphatic rings. The van der Waals surface area contributed by atoms with Crippen molar-refractivity contribution in [2.75, 3.05) is 75.6 Å². The van der Waals surface area contributed by atoms with Crippen LogP contribution in [0.1, 0.15) is 115 Å². The van der Waals surface area contributed by atoms with Crippen molar-refractivity contribution < 1.29 is 46.7 Å². The molecule has 0 bridgehead atoms. The minimum atomic E-state index is -3.67. The number of anilines is 2. The molecule has 2 atom stereocenters. The van der Waals surface area contributed by atoms with E-state index in [1.807, 2.05) is 12.1 Å². The van der Waals surface area contributed by atoms with Crippen LogP contribution < -0.4 is 25.4 Å². The number of fused-ring (bicyclic) bond motifs is 1. The maximum absolute atomic E-state index is 14.0. The van der Waals surface area contributed by atoms with Crippen molar-refractivity contribution in [3.8, 4) is 11.5 Å². The molecule has 3 heterocycles. The number of carbonyl (C=O) groups excluding carboxylic acids is 6. The van der Waals surface area contributed by atoms with Crippen LogP contribution in [0.5, 0.6) is 11.5 Å². The lowest BCUT2D eigenvalue weighted by Crippen LogP contribution is -2.48. The van der Waals surface area contributed by atoms with E-state index in [-0.39, 0.29) is 52.8 Å². The predicted molar refractivity (Wildman–Crippen MR) is 242 cm³/mol. The monoisotopic (exact) mass is 900 g/mol. The first-order valence-electron chi connectivity index (χ1n) is 22.2. The van der Waals surface area contributed by atoms with E-state index in [4.69, 9.17) is 9.47 Å². The molecule has 6 amide bonds. The minimum absolute atomic E-state index is 0.0386. The highest BCUT2D eigenvalue weighted by atomic mass is 32.2. The molecule has 0 saturated carbocycles. The zero-order valence-corrected chi connectivity index (χ0v) is 37.8. The number of sulfone groups is 1. The van der Waals surface area contributed by atoms with Crippen LogP contribution in [0.25, 0.3) is 0 Å². The van der Waals surface area contributed by atoms with Gasteiger partial charge in [-0.3, -0.25) is 43.9 Å². The molecule has 2 unspecified atom stereocenters. The lowest BCUT2D eigenvalue weighted by Gasteiger charge is -2.34. The highest BCUT2D eigenvalue weighted by Gasteiger charge is 2.43. The highest BCUT2D eigenvalue weighted by molar-refractivity contribution is 7.90. The fourth-order valence-corrected chi connectivity index (χ4v) is 9.48. The van der Waals surface area contributed by atoms with Gasteiger partial charge in [-0.15, -0.1) is 0 Å². The molecule has 17 heteroatoms. The van der Waals surface area contributed by atoms with Gasteiger partial charge in [0.2, 0.25) is 23.6 Å². The van der Waals surface area contributed by atoms with Crippen molar-refractivity contribution in [1.82, 2.24) is 20.0 Å². The van der Waals surface area contributed by atoms with E-state index in [2.05, 4.69) is 25.8 Å². The quantitative estimate of drug-likeness (QED) is 0.0869. The summed E-state index contributed by atoms with van der Waals surface area (Å²) < 4.78 is 36.3. The third-order valence-electron chi connectivity index (χ3n) is 11.9. The number of carbonyl (C=O) groups is 6. The fourth-order valence-electron chi connectivity index (χ4n) is 8.57. The largest absolute Gasteiger partial charge is 0.493 e. The van der Waals surface area contributed by atoms with Crippen LogP contribution in [-0.2, 0) is 29.0 Å². The topological polar surface area (TPSA) is 201 Å². The number of methoxy groups -OCH3 is 1. The van der Waals surface area contributed by atoms with Gasteiger partial charge in [0, 0.05) is 51.0 Å². The molecule has 3 N–H and O–H groups in total. The molecule has 6 rings (SSSR count). The minimum Gasteiger partial charge on any atom is -0.493 e. The second-order valence-corrected chi connectivity index (χ2v) is 18.9. The van der Waals surface area contributed by atoms with Crippen molar-refractivity contribution in [3.63, 3.8) is 0 Å². The summed E-state index contributed by atoms with van der Waals surface area (Å²) in [6.07, 6.45) is 9.05. The first kappa shape index (κ1) is 47.8. The Bertz CT molecular complexity index is 2290. The van der Waals surface area contributed by atoms with Gasteiger partial charge in [0.15, 0.2) is 11.5 Å². The lowest BCUT2D eigenvalue weighted by atomic mass is 9.90. The zero-order valence-electron chi connectivity index (χ0n) is 37.0. The second-order valence-electron chi connectivity index (χ2n) is 16.7. The average Bonchev–Trinajstić information content (AvgIpc) is 3.51. The lowest BCUT2D eigenvalue weighted by molar-refractivity contribution is -0.134. The summed E-state index contributed by atoms with van der Waals surface area (Å²) in [6, 6.07) is 15.6. The van der Waals surface area contributed by atoms with Crippen LogP contribution in [0.4, 0.5) is 11.4 Å². The molecule has 0 aliphatic carbocycles. The van der Waals surface area contributed by atoms with Gasteiger partial charge in [0.1, 0.15) is 9.84 Å². The Kier molecular flexibility index (Phi) is 16.7. The Morgan fingerprint density at radius 2 is 1.50 bits per heavy atom. The van der Waals surface area contributed by atoms with Crippen LogP contribution in [0.15, 0.2) is 60.7 Å². The summed E-state index contributed by atoms with van der Waals surface area (Å²) in [5, 5.41) is 8.16. The number of piperidine rings is 1.